The summed E-state index contributed by atoms with van der Waals surface area (Å²) < 4.78 is 3.77. The van der Waals surface area contributed by atoms with Gasteiger partial charge < -0.3 is 10.3 Å². The molecule has 2 N–H and O–H groups in total. The standard InChI is InChI=1S/C6H7N5S/c1-10-3-8-11-5(10)2-4(7)9-6(11)12/h2-3H,1H3,(H2,7,9,12). The van der Waals surface area contributed by atoms with E-state index in [0.29, 0.717) is 10.6 Å². The van der Waals surface area contributed by atoms with Gasteiger partial charge in [0.1, 0.15) is 17.8 Å². The van der Waals surface area contributed by atoms with Gasteiger partial charge in [0.05, 0.1) is 0 Å². The lowest BCUT2D eigenvalue weighted by Crippen LogP contribution is -1.98. The number of fused-ring (bicyclic) bond motifs is 1. The summed E-state index contributed by atoms with van der Waals surface area (Å²) in [6.07, 6.45) is 1.66. The van der Waals surface area contributed by atoms with Gasteiger partial charge in [-0.2, -0.15) is 9.61 Å². The number of aromatic nitrogens is 4. The summed E-state index contributed by atoms with van der Waals surface area (Å²) in [7, 11) is 1.87. The molecule has 5 nitrogen and oxygen atoms in total. The summed E-state index contributed by atoms with van der Waals surface area (Å²) in [6.45, 7) is 0. The second kappa shape index (κ2) is 2.28. The molecule has 0 atom stereocenters. The van der Waals surface area contributed by atoms with Crippen LogP contribution in [0.25, 0.3) is 5.65 Å². The monoisotopic (exact) mass is 181 g/mol. The Labute approximate surface area is 73.5 Å². The van der Waals surface area contributed by atoms with Gasteiger partial charge in [-0.05, 0) is 12.2 Å². The lowest BCUT2D eigenvalue weighted by atomic mass is 10.5. The van der Waals surface area contributed by atoms with Crippen LogP contribution in [0.3, 0.4) is 0 Å². The van der Waals surface area contributed by atoms with Crippen molar-refractivity contribution < 1.29 is 0 Å². The largest absolute Gasteiger partial charge is 0.383 e. The Balaban J connectivity index is 3.03. The predicted octanol–water partition coefficient (Wildman–Crippen LogP) is 0.379. The number of hydrogen-bond donors (Lipinski definition) is 1. The lowest BCUT2D eigenvalue weighted by Gasteiger charge is -1.95. The van der Waals surface area contributed by atoms with E-state index in [0.717, 1.165) is 5.65 Å². The normalized spacial score (nSPS) is 10.8. The molecular weight excluding hydrogens is 174 g/mol. The van der Waals surface area contributed by atoms with Crippen molar-refractivity contribution in [2.45, 2.75) is 0 Å². The summed E-state index contributed by atoms with van der Waals surface area (Å²) in [6, 6.07) is 1.72. The smallest absolute Gasteiger partial charge is 0.224 e. The van der Waals surface area contributed by atoms with Crippen molar-refractivity contribution in [1.29, 1.82) is 0 Å². The highest BCUT2D eigenvalue weighted by atomic mass is 32.1. The zero-order chi connectivity index (χ0) is 8.72. The van der Waals surface area contributed by atoms with Crippen LogP contribution in [0.2, 0.25) is 0 Å². The van der Waals surface area contributed by atoms with Gasteiger partial charge in [-0.15, -0.1) is 0 Å². The van der Waals surface area contributed by atoms with E-state index in [4.69, 9.17) is 18.0 Å². The van der Waals surface area contributed by atoms with Crippen molar-refractivity contribution >= 4 is 23.7 Å². The van der Waals surface area contributed by atoms with E-state index < -0.39 is 0 Å². The SMILES string of the molecule is Cn1cnn2c(=S)nc(N)cc12. The molecule has 12 heavy (non-hydrogen) atoms. The third-order valence-corrected chi connectivity index (χ3v) is 1.87. The Morgan fingerprint density at radius 1 is 1.58 bits per heavy atom. The summed E-state index contributed by atoms with van der Waals surface area (Å²) in [5.41, 5.74) is 6.36. The quantitative estimate of drug-likeness (QED) is 0.597. The maximum absolute atomic E-state index is 5.52. The molecule has 0 unspecified atom stereocenters. The molecule has 0 bridgehead atoms. The van der Waals surface area contributed by atoms with E-state index in [-0.39, 0.29) is 0 Å². The van der Waals surface area contributed by atoms with Crippen molar-refractivity contribution in [2.75, 3.05) is 5.73 Å². The first-order valence-electron chi connectivity index (χ1n) is 3.35. The van der Waals surface area contributed by atoms with Crippen LogP contribution >= 0.6 is 12.2 Å². The van der Waals surface area contributed by atoms with Crippen molar-refractivity contribution in [1.82, 2.24) is 19.2 Å². The van der Waals surface area contributed by atoms with Crippen LogP contribution in [0.15, 0.2) is 12.4 Å². The maximum atomic E-state index is 5.52. The van der Waals surface area contributed by atoms with Gasteiger partial charge in [-0.1, -0.05) is 0 Å². The van der Waals surface area contributed by atoms with Gasteiger partial charge in [-0.3, -0.25) is 0 Å². The van der Waals surface area contributed by atoms with Crippen molar-refractivity contribution in [2.24, 2.45) is 7.05 Å². The first kappa shape index (κ1) is 7.23. The van der Waals surface area contributed by atoms with Crippen molar-refractivity contribution in [3.05, 3.63) is 17.2 Å². The Bertz CT molecular complexity index is 482. The van der Waals surface area contributed by atoms with E-state index in [2.05, 4.69) is 10.1 Å². The summed E-state index contributed by atoms with van der Waals surface area (Å²) in [4.78, 5) is 3.89. The number of nitrogens with zero attached hydrogens (tertiary/aromatic N) is 4. The van der Waals surface area contributed by atoms with Gasteiger partial charge in [0.2, 0.25) is 4.77 Å². The Kier molecular flexibility index (Phi) is 1.37. The highest BCUT2D eigenvalue weighted by Gasteiger charge is 2.00. The molecule has 2 heterocycles. The van der Waals surface area contributed by atoms with Crippen LogP contribution in [-0.2, 0) is 7.05 Å². The molecular formula is C6H7N5S. The molecule has 2 rings (SSSR count). The molecule has 0 radical (unpaired) electrons. The van der Waals surface area contributed by atoms with Crippen LogP contribution in [0.5, 0.6) is 0 Å². The fourth-order valence-electron chi connectivity index (χ4n) is 1.03. The molecule has 0 aliphatic carbocycles. The van der Waals surface area contributed by atoms with E-state index in [1.165, 1.54) is 0 Å². The zero-order valence-electron chi connectivity index (χ0n) is 6.43. The molecule has 0 saturated heterocycles. The first-order valence-corrected chi connectivity index (χ1v) is 3.76. The van der Waals surface area contributed by atoms with Crippen LogP contribution in [0.1, 0.15) is 0 Å². The van der Waals surface area contributed by atoms with E-state index in [9.17, 15) is 0 Å². The molecule has 0 saturated carbocycles. The molecule has 0 amide bonds. The summed E-state index contributed by atoms with van der Waals surface area (Å²) in [5.74, 6) is 0.420. The minimum absolute atomic E-state index is 0.380. The number of rotatable bonds is 0. The molecule has 0 aliphatic heterocycles. The number of aryl methyl sites for hydroxylation is 1. The Morgan fingerprint density at radius 3 is 3.08 bits per heavy atom. The lowest BCUT2D eigenvalue weighted by molar-refractivity contribution is 0.905. The molecule has 0 aliphatic rings. The van der Waals surface area contributed by atoms with Crippen molar-refractivity contribution in [3.8, 4) is 0 Å². The highest BCUT2D eigenvalue weighted by molar-refractivity contribution is 7.71. The second-order valence-electron chi connectivity index (χ2n) is 2.48. The Morgan fingerprint density at radius 2 is 2.33 bits per heavy atom. The summed E-state index contributed by atoms with van der Waals surface area (Å²) in [5, 5.41) is 4.02. The number of hydrogen-bond acceptors (Lipinski definition) is 4. The van der Waals surface area contributed by atoms with E-state index in [1.54, 1.807) is 16.9 Å². The molecule has 0 fully saturated rings. The number of nitrogens with two attached hydrogens (primary N) is 1. The number of anilines is 1. The Hall–Kier alpha value is -1.43. The van der Waals surface area contributed by atoms with Gasteiger partial charge in [-0.25, -0.2) is 4.98 Å². The molecule has 2 aromatic heterocycles. The zero-order valence-corrected chi connectivity index (χ0v) is 7.25. The van der Waals surface area contributed by atoms with E-state index >= 15 is 0 Å². The molecule has 62 valence electrons. The van der Waals surface area contributed by atoms with Gasteiger partial charge >= 0.3 is 0 Å². The molecule has 6 heteroatoms. The van der Waals surface area contributed by atoms with E-state index in [1.807, 2.05) is 11.6 Å². The topological polar surface area (TPSA) is 61.1 Å². The predicted molar refractivity (Wildman–Crippen MR) is 47.2 cm³/mol. The first-order chi connectivity index (χ1) is 5.68. The second-order valence-corrected chi connectivity index (χ2v) is 2.84. The van der Waals surface area contributed by atoms with Crippen LogP contribution in [0.4, 0.5) is 5.82 Å². The molecule has 0 aromatic carbocycles. The van der Waals surface area contributed by atoms with Gasteiger partial charge in [0, 0.05) is 13.1 Å². The third kappa shape index (κ3) is 0.884. The average Bonchev–Trinajstić information content (AvgIpc) is 2.33. The minimum atomic E-state index is 0.380. The van der Waals surface area contributed by atoms with Crippen molar-refractivity contribution in [3.63, 3.8) is 0 Å². The number of nitrogen functional groups attached to an aromatic ring is 1. The highest BCUT2D eigenvalue weighted by Crippen LogP contribution is 2.04. The molecule has 0 spiro atoms. The summed E-state index contributed by atoms with van der Waals surface area (Å²) >= 11 is 4.95. The fraction of sp³-hybridized carbons (Fsp3) is 0.167. The third-order valence-electron chi connectivity index (χ3n) is 1.60. The van der Waals surface area contributed by atoms with Crippen LogP contribution in [0, 0.1) is 4.77 Å². The maximum Gasteiger partial charge on any atom is 0.224 e. The fourth-order valence-corrected chi connectivity index (χ4v) is 1.28. The minimum Gasteiger partial charge on any atom is -0.383 e. The van der Waals surface area contributed by atoms with Gasteiger partial charge in [0.25, 0.3) is 0 Å². The molecule has 2 aromatic rings. The van der Waals surface area contributed by atoms with Crippen LogP contribution < -0.4 is 5.73 Å². The van der Waals surface area contributed by atoms with Crippen LogP contribution in [-0.4, -0.2) is 19.2 Å². The van der Waals surface area contributed by atoms with Gasteiger partial charge in [0.15, 0.2) is 0 Å². The average molecular weight is 181 g/mol.